The number of nitrogens with zero attached hydrogens (tertiary/aromatic N) is 4. The van der Waals surface area contributed by atoms with E-state index in [1.165, 1.54) is 15.6 Å². The zero-order chi connectivity index (χ0) is 22.0. The topological polar surface area (TPSA) is 83.5 Å². The summed E-state index contributed by atoms with van der Waals surface area (Å²) in [4.78, 5) is 23.5. The van der Waals surface area contributed by atoms with Crippen molar-refractivity contribution >= 4 is 27.3 Å². The van der Waals surface area contributed by atoms with Gasteiger partial charge < -0.3 is 4.90 Å². The van der Waals surface area contributed by atoms with Crippen molar-refractivity contribution in [2.75, 3.05) is 26.2 Å². The highest BCUT2D eigenvalue weighted by atomic mass is 32.2. The molecule has 0 atom stereocenters. The second kappa shape index (κ2) is 8.86. The molecule has 9 heteroatoms. The summed E-state index contributed by atoms with van der Waals surface area (Å²) in [5.74, 6) is -0.0354. The number of benzene rings is 1. The summed E-state index contributed by atoms with van der Waals surface area (Å²) in [6.45, 7) is 5.02. The van der Waals surface area contributed by atoms with Gasteiger partial charge in [-0.15, -0.1) is 11.3 Å². The molecule has 1 saturated heterocycles. The standard InChI is InChI=1S/C22H24N4O3S2/c1-16-5-6-17(2)20(12-16)31(28,29)26-10-8-25(9-11-26)21(27)13-19-15-30-22(24-19)18-4-3-7-23-14-18/h3-7,12,14-15H,8-11,13H2,1-2H3. The number of carbonyl (C=O) groups excluding carboxylic acids is 1. The first kappa shape index (κ1) is 21.6. The molecular weight excluding hydrogens is 432 g/mol. The van der Waals surface area contributed by atoms with Crippen molar-refractivity contribution in [1.82, 2.24) is 19.2 Å². The summed E-state index contributed by atoms with van der Waals surface area (Å²) in [6.07, 6.45) is 3.67. The lowest BCUT2D eigenvalue weighted by Gasteiger charge is -2.34. The summed E-state index contributed by atoms with van der Waals surface area (Å²) in [7, 11) is -3.57. The van der Waals surface area contributed by atoms with Crippen LogP contribution in [0.15, 0.2) is 53.0 Å². The van der Waals surface area contributed by atoms with E-state index in [9.17, 15) is 13.2 Å². The summed E-state index contributed by atoms with van der Waals surface area (Å²) in [6, 6.07) is 9.24. The predicted octanol–water partition coefficient (Wildman–Crippen LogP) is 2.90. The van der Waals surface area contributed by atoms with E-state index in [2.05, 4.69) is 9.97 Å². The van der Waals surface area contributed by atoms with Crippen LogP contribution < -0.4 is 0 Å². The molecule has 0 radical (unpaired) electrons. The summed E-state index contributed by atoms with van der Waals surface area (Å²) < 4.78 is 27.6. The van der Waals surface area contributed by atoms with Gasteiger partial charge in [-0.1, -0.05) is 12.1 Å². The van der Waals surface area contributed by atoms with Gasteiger partial charge in [0, 0.05) is 49.5 Å². The van der Waals surface area contributed by atoms with Crippen molar-refractivity contribution in [2.24, 2.45) is 0 Å². The molecule has 7 nitrogen and oxygen atoms in total. The molecule has 0 bridgehead atoms. The normalized spacial score (nSPS) is 15.2. The first-order valence-electron chi connectivity index (χ1n) is 10.0. The number of rotatable bonds is 5. The fourth-order valence-corrected chi connectivity index (χ4v) is 6.12. The number of pyridine rings is 1. The SMILES string of the molecule is Cc1ccc(C)c(S(=O)(=O)N2CCN(C(=O)Cc3csc(-c4cccnc4)n3)CC2)c1. The average Bonchev–Trinajstić information content (AvgIpc) is 3.24. The molecule has 2 aromatic heterocycles. The third kappa shape index (κ3) is 4.68. The summed E-state index contributed by atoms with van der Waals surface area (Å²) >= 11 is 1.49. The third-order valence-corrected chi connectivity index (χ3v) is 8.33. The van der Waals surface area contributed by atoms with Crippen LogP contribution in [0.1, 0.15) is 16.8 Å². The zero-order valence-electron chi connectivity index (χ0n) is 17.5. The predicted molar refractivity (Wildman–Crippen MR) is 120 cm³/mol. The first-order chi connectivity index (χ1) is 14.8. The quantitative estimate of drug-likeness (QED) is 0.590. The minimum atomic E-state index is -3.57. The lowest BCUT2D eigenvalue weighted by atomic mass is 10.2. The van der Waals surface area contributed by atoms with Crippen molar-refractivity contribution < 1.29 is 13.2 Å². The molecule has 1 aliphatic heterocycles. The third-order valence-electron chi connectivity index (χ3n) is 5.35. The van der Waals surface area contributed by atoms with Gasteiger partial charge in [-0.25, -0.2) is 13.4 Å². The largest absolute Gasteiger partial charge is 0.340 e. The van der Waals surface area contributed by atoms with E-state index in [0.717, 1.165) is 27.4 Å². The van der Waals surface area contributed by atoms with E-state index >= 15 is 0 Å². The lowest BCUT2D eigenvalue weighted by molar-refractivity contribution is -0.131. The molecule has 3 aromatic rings. The Morgan fingerprint density at radius 1 is 1.13 bits per heavy atom. The number of aryl methyl sites for hydroxylation is 2. The van der Waals surface area contributed by atoms with Gasteiger partial charge in [0.2, 0.25) is 15.9 Å². The molecule has 0 unspecified atom stereocenters. The Morgan fingerprint density at radius 2 is 1.90 bits per heavy atom. The molecule has 1 amide bonds. The number of carbonyl (C=O) groups is 1. The van der Waals surface area contributed by atoms with Crippen LogP contribution in [0.25, 0.3) is 10.6 Å². The Hall–Kier alpha value is -2.62. The molecule has 162 valence electrons. The van der Waals surface area contributed by atoms with E-state index in [4.69, 9.17) is 0 Å². The molecule has 0 N–H and O–H groups in total. The van der Waals surface area contributed by atoms with E-state index < -0.39 is 10.0 Å². The van der Waals surface area contributed by atoms with Crippen LogP contribution in [0, 0.1) is 13.8 Å². The number of hydrogen-bond donors (Lipinski definition) is 0. The van der Waals surface area contributed by atoms with Crippen molar-refractivity contribution in [3.8, 4) is 10.6 Å². The van der Waals surface area contributed by atoms with Crippen molar-refractivity contribution in [1.29, 1.82) is 0 Å². The van der Waals surface area contributed by atoms with Gasteiger partial charge in [-0.2, -0.15) is 4.31 Å². The number of sulfonamides is 1. The molecule has 0 spiro atoms. The Morgan fingerprint density at radius 3 is 2.61 bits per heavy atom. The lowest BCUT2D eigenvalue weighted by Crippen LogP contribution is -2.51. The number of piperazine rings is 1. The second-order valence-corrected chi connectivity index (χ2v) is 10.4. The fraction of sp³-hybridized carbons (Fsp3) is 0.318. The molecule has 1 aromatic carbocycles. The van der Waals surface area contributed by atoms with Crippen molar-refractivity contribution in [2.45, 2.75) is 25.2 Å². The van der Waals surface area contributed by atoms with Crippen molar-refractivity contribution in [3.05, 3.63) is 64.9 Å². The summed E-state index contributed by atoms with van der Waals surface area (Å²) in [5.41, 5.74) is 3.29. The van der Waals surface area contributed by atoms with Crippen LogP contribution in [-0.4, -0.2) is 59.7 Å². The maximum absolute atomic E-state index is 13.1. The van der Waals surface area contributed by atoms with Gasteiger partial charge >= 0.3 is 0 Å². The Kier molecular flexibility index (Phi) is 6.17. The monoisotopic (exact) mass is 456 g/mol. The number of thiazole rings is 1. The maximum Gasteiger partial charge on any atom is 0.243 e. The molecular formula is C22H24N4O3S2. The number of hydrogen-bond acceptors (Lipinski definition) is 6. The molecule has 4 rings (SSSR count). The highest BCUT2D eigenvalue weighted by Crippen LogP contribution is 2.24. The molecule has 1 aliphatic rings. The maximum atomic E-state index is 13.1. The number of aromatic nitrogens is 2. The van der Waals surface area contributed by atoms with Crippen LogP contribution in [-0.2, 0) is 21.2 Å². The van der Waals surface area contributed by atoms with Gasteiger partial charge in [0.15, 0.2) is 0 Å². The molecule has 0 saturated carbocycles. The first-order valence-corrected chi connectivity index (χ1v) is 12.4. The fourth-order valence-electron chi connectivity index (χ4n) is 3.58. The Bertz CT molecular complexity index is 1180. The van der Waals surface area contributed by atoms with E-state index in [1.807, 2.05) is 36.6 Å². The van der Waals surface area contributed by atoms with Gasteiger partial charge in [0.25, 0.3) is 0 Å². The molecule has 3 heterocycles. The van der Waals surface area contributed by atoms with Crippen LogP contribution in [0.4, 0.5) is 0 Å². The Labute approximate surface area is 186 Å². The van der Waals surface area contributed by atoms with Crippen LogP contribution in [0.3, 0.4) is 0 Å². The van der Waals surface area contributed by atoms with Crippen molar-refractivity contribution in [3.63, 3.8) is 0 Å². The molecule has 31 heavy (non-hydrogen) atoms. The average molecular weight is 457 g/mol. The highest BCUT2D eigenvalue weighted by molar-refractivity contribution is 7.89. The van der Waals surface area contributed by atoms with Gasteiger partial charge in [-0.3, -0.25) is 9.78 Å². The summed E-state index contributed by atoms with van der Waals surface area (Å²) in [5, 5.41) is 2.72. The molecule has 1 fully saturated rings. The highest BCUT2D eigenvalue weighted by Gasteiger charge is 2.31. The van der Waals surface area contributed by atoms with Gasteiger partial charge in [0.05, 0.1) is 17.0 Å². The van der Waals surface area contributed by atoms with E-state index in [-0.39, 0.29) is 12.3 Å². The van der Waals surface area contributed by atoms with Gasteiger partial charge in [0.1, 0.15) is 5.01 Å². The zero-order valence-corrected chi connectivity index (χ0v) is 19.1. The minimum absolute atomic E-state index is 0.0354. The number of amides is 1. The minimum Gasteiger partial charge on any atom is -0.340 e. The second-order valence-electron chi connectivity index (χ2n) is 7.62. The Balaban J connectivity index is 1.38. The van der Waals surface area contributed by atoms with Crippen LogP contribution >= 0.6 is 11.3 Å². The van der Waals surface area contributed by atoms with Gasteiger partial charge in [-0.05, 0) is 43.2 Å². The van der Waals surface area contributed by atoms with Crippen LogP contribution in [0.5, 0.6) is 0 Å². The molecule has 0 aliphatic carbocycles. The van der Waals surface area contributed by atoms with E-state index in [1.54, 1.807) is 30.3 Å². The van der Waals surface area contributed by atoms with Crippen LogP contribution in [0.2, 0.25) is 0 Å². The smallest absolute Gasteiger partial charge is 0.243 e. The van der Waals surface area contributed by atoms with E-state index in [0.29, 0.717) is 31.1 Å².